The first-order valence-corrected chi connectivity index (χ1v) is 8.25. The van der Waals surface area contributed by atoms with E-state index in [1.165, 1.54) is 6.08 Å². The van der Waals surface area contributed by atoms with Crippen molar-refractivity contribution < 1.29 is 13.2 Å². The standard InChI is InChI=1S/C19H14F3N3O2/c20-19(21,22)10-5-7-11(8-6-10)24-15-16(18(27)17(15)26)25-14-9-23-13-4-2-1-3-12(13)14/h1-5,7,9,23-25H,6,8H2. The van der Waals surface area contributed by atoms with Gasteiger partial charge in [-0.1, -0.05) is 24.3 Å². The number of rotatable bonds is 4. The highest BCUT2D eigenvalue weighted by molar-refractivity contribution is 5.95. The van der Waals surface area contributed by atoms with Crippen LogP contribution in [0, 0.1) is 0 Å². The van der Waals surface area contributed by atoms with E-state index in [0.29, 0.717) is 11.4 Å². The highest BCUT2D eigenvalue weighted by atomic mass is 19.4. The molecule has 2 aromatic carbocycles. The molecular weight excluding hydrogens is 359 g/mol. The van der Waals surface area contributed by atoms with Crippen molar-refractivity contribution in [2.45, 2.75) is 19.0 Å². The fraction of sp³-hybridized carbons (Fsp3) is 0.158. The van der Waals surface area contributed by atoms with Gasteiger partial charge in [-0.15, -0.1) is 0 Å². The van der Waals surface area contributed by atoms with Gasteiger partial charge in [-0.25, -0.2) is 0 Å². The first-order chi connectivity index (χ1) is 12.8. The van der Waals surface area contributed by atoms with Crippen LogP contribution in [0.1, 0.15) is 12.8 Å². The van der Waals surface area contributed by atoms with Gasteiger partial charge in [0.05, 0.1) is 5.69 Å². The van der Waals surface area contributed by atoms with Gasteiger partial charge in [0.25, 0.3) is 10.9 Å². The second-order valence-corrected chi connectivity index (χ2v) is 6.29. The number of para-hydroxylation sites is 1. The predicted molar refractivity (Wildman–Crippen MR) is 98.0 cm³/mol. The minimum Gasteiger partial charge on any atom is -0.359 e. The molecule has 0 spiro atoms. The van der Waals surface area contributed by atoms with Crippen LogP contribution in [0.15, 0.2) is 63.5 Å². The molecule has 0 fully saturated rings. The average molecular weight is 373 g/mol. The van der Waals surface area contributed by atoms with Crippen molar-refractivity contribution in [1.82, 2.24) is 4.98 Å². The predicted octanol–water partition coefficient (Wildman–Crippen LogP) is 4.09. The molecule has 1 aliphatic rings. The van der Waals surface area contributed by atoms with Crippen molar-refractivity contribution in [3.8, 4) is 0 Å². The van der Waals surface area contributed by atoms with E-state index in [1.54, 1.807) is 6.20 Å². The summed E-state index contributed by atoms with van der Waals surface area (Å²) >= 11 is 0. The molecule has 0 aliphatic heterocycles. The van der Waals surface area contributed by atoms with E-state index in [-0.39, 0.29) is 24.2 Å². The number of aromatic nitrogens is 1. The number of fused-ring (bicyclic) bond motifs is 1. The van der Waals surface area contributed by atoms with Crippen molar-refractivity contribution in [2.24, 2.45) is 0 Å². The van der Waals surface area contributed by atoms with E-state index >= 15 is 0 Å². The summed E-state index contributed by atoms with van der Waals surface area (Å²) < 4.78 is 38.1. The molecule has 3 N–H and O–H groups in total. The summed E-state index contributed by atoms with van der Waals surface area (Å²) in [7, 11) is 0. The van der Waals surface area contributed by atoms with Crippen molar-refractivity contribution in [3.05, 3.63) is 74.3 Å². The van der Waals surface area contributed by atoms with E-state index in [9.17, 15) is 22.8 Å². The molecule has 0 saturated carbocycles. The zero-order valence-corrected chi connectivity index (χ0v) is 13.9. The molecule has 1 aliphatic carbocycles. The summed E-state index contributed by atoms with van der Waals surface area (Å²) in [4.78, 5) is 26.9. The van der Waals surface area contributed by atoms with Crippen LogP contribution < -0.4 is 21.5 Å². The van der Waals surface area contributed by atoms with Crippen LogP contribution in [0.5, 0.6) is 0 Å². The van der Waals surface area contributed by atoms with Crippen molar-refractivity contribution in [2.75, 3.05) is 10.6 Å². The van der Waals surface area contributed by atoms with Crippen LogP contribution in [-0.4, -0.2) is 11.2 Å². The van der Waals surface area contributed by atoms with Gasteiger partial charge >= 0.3 is 6.18 Å². The quantitative estimate of drug-likeness (QED) is 0.603. The molecule has 138 valence electrons. The molecule has 0 atom stereocenters. The lowest BCUT2D eigenvalue weighted by Gasteiger charge is -2.20. The lowest BCUT2D eigenvalue weighted by Crippen LogP contribution is -2.36. The summed E-state index contributed by atoms with van der Waals surface area (Å²) in [5, 5.41) is 6.60. The highest BCUT2D eigenvalue weighted by Crippen LogP contribution is 2.34. The third-order valence-electron chi connectivity index (χ3n) is 4.56. The molecular formula is C19H14F3N3O2. The average Bonchev–Trinajstić information content (AvgIpc) is 3.07. The topological polar surface area (TPSA) is 74.0 Å². The molecule has 4 rings (SSSR count). The SMILES string of the molecule is O=c1c(NC2=CC=C(C(F)(F)F)CC2)c(Nc2c[nH]c3ccccc23)c1=O. The number of allylic oxidation sites excluding steroid dienone is 4. The molecule has 0 amide bonds. The van der Waals surface area contributed by atoms with Crippen LogP contribution >= 0.6 is 0 Å². The van der Waals surface area contributed by atoms with Gasteiger partial charge in [-0.2, -0.15) is 13.2 Å². The first-order valence-electron chi connectivity index (χ1n) is 8.25. The molecule has 27 heavy (non-hydrogen) atoms. The minimum atomic E-state index is -4.36. The van der Waals surface area contributed by atoms with Crippen LogP contribution in [0.25, 0.3) is 10.9 Å². The van der Waals surface area contributed by atoms with Crippen molar-refractivity contribution in [1.29, 1.82) is 0 Å². The monoisotopic (exact) mass is 373 g/mol. The van der Waals surface area contributed by atoms with E-state index in [0.717, 1.165) is 17.0 Å². The Labute approximate surface area is 150 Å². The second kappa shape index (κ2) is 6.15. The van der Waals surface area contributed by atoms with Gasteiger partial charge in [0.1, 0.15) is 11.4 Å². The van der Waals surface area contributed by atoms with Gasteiger partial charge in [0.2, 0.25) is 0 Å². The normalized spacial score (nSPS) is 14.9. The Kier molecular flexibility index (Phi) is 3.91. The number of H-pyrrole nitrogens is 1. The Bertz CT molecular complexity index is 1160. The van der Waals surface area contributed by atoms with Crippen LogP contribution in [0.2, 0.25) is 0 Å². The van der Waals surface area contributed by atoms with Gasteiger partial charge in [0, 0.05) is 28.4 Å². The number of halogens is 3. The Hall–Kier alpha value is -3.29. The fourth-order valence-electron chi connectivity index (χ4n) is 3.08. The molecule has 8 heteroatoms. The Morgan fingerprint density at radius 2 is 1.63 bits per heavy atom. The van der Waals surface area contributed by atoms with Gasteiger partial charge < -0.3 is 15.6 Å². The number of hydrogen-bond acceptors (Lipinski definition) is 4. The van der Waals surface area contributed by atoms with Crippen molar-refractivity contribution in [3.63, 3.8) is 0 Å². The third-order valence-corrected chi connectivity index (χ3v) is 4.56. The number of benzene rings is 1. The molecule has 1 aromatic heterocycles. The maximum atomic E-state index is 12.7. The lowest BCUT2D eigenvalue weighted by atomic mass is 10.0. The minimum absolute atomic E-state index is 0.0698. The molecule has 0 unspecified atom stereocenters. The van der Waals surface area contributed by atoms with E-state index in [4.69, 9.17) is 0 Å². The fourth-order valence-corrected chi connectivity index (χ4v) is 3.08. The molecule has 0 radical (unpaired) electrons. The number of nitrogens with one attached hydrogen (secondary N) is 3. The number of aromatic amines is 1. The molecule has 0 saturated heterocycles. The zero-order valence-electron chi connectivity index (χ0n) is 13.9. The maximum Gasteiger partial charge on any atom is 0.412 e. The van der Waals surface area contributed by atoms with E-state index in [2.05, 4.69) is 15.6 Å². The largest absolute Gasteiger partial charge is 0.412 e. The van der Waals surface area contributed by atoms with Crippen LogP contribution in [-0.2, 0) is 0 Å². The Morgan fingerprint density at radius 1 is 0.926 bits per heavy atom. The summed E-state index contributed by atoms with van der Waals surface area (Å²) in [6, 6.07) is 7.45. The Morgan fingerprint density at radius 3 is 2.30 bits per heavy atom. The molecule has 5 nitrogen and oxygen atoms in total. The molecule has 1 heterocycles. The molecule has 0 bridgehead atoms. The smallest absolute Gasteiger partial charge is 0.359 e. The van der Waals surface area contributed by atoms with Crippen LogP contribution in [0.4, 0.5) is 30.2 Å². The van der Waals surface area contributed by atoms with Gasteiger partial charge in [0.15, 0.2) is 0 Å². The third kappa shape index (κ3) is 3.03. The number of anilines is 3. The number of alkyl halides is 3. The number of hydrogen-bond donors (Lipinski definition) is 3. The van der Waals surface area contributed by atoms with Gasteiger partial charge in [-0.3, -0.25) is 9.59 Å². The maximum absolute atomic E-state index is 12.7. The van der Waals surface area contributed by atoms with Crippen molar-refractivity contribution >= 4 is 28.0 Å². The summed E-state index contributed by atoms with van der Waals surface area (Å²) in [5.41, 5.74) is 0.170. The summed E-state index contributed by atoms with van der Waals surface area (Å²) in [6.07, 6.45) is -0.461. The van der Waals surface area contributed by atoms with E-state index < -0.39 is 22.6 Å². The zero-order chi connectivity index (χ0) is 19.2. The van der Waals surface area contributed by atoms with E-state index in [1.807, 2.05) is 24.3 Å². The summed E-state index contributed by atoms with van der Waals surface area (Å²) in [5.74, 6) is 0. The van der Waals surface area contributed by atoms with Gasteiger partial charge in [-0.05, 0) is 25.0 Å². The lowest BCUT2D eigenvalue weighted by molar-refractivity contribution is -0.0941. The molecule has 3 aromatic rings. The highest BCUT2D eigenvalue weighted by Gasteiger charge is 2.34. The van der Waals surface area contributed by atoms with Crippen LogP contribution in [0.3, 0.4) is 0 Å². The first kappa shape index (κ1) is 17.1. The second-order valence-electron chi connectivity index (χ2n) is 6.29. The Balaban J connectivity index is 1.59. The summed E-state index contributed by atoms with van der Waals surface area (Å²) in [6.45, 7) is 0.